The predicted molar refractivity (Wildman–Crippen MR) is 162 cm³/mol. The number of nitro groups is 1. The Bertz CT molecular complexity index is 1480. The van der Waals surface area contributed by atoms with E-state index in [2.05, 4.69) is 29.1 Å². The molecule has 1 aliphatic heterocycles. The van der Waals surface area contributed by atoms with Gasteiger partial charge in [-0.2, -0.15) is 4.98 Å². The second-order valence-electron chi connectivity index (χ2n) is 11.4. The van der Waals surface area contributed by atoms with Crippen LogP contribution < -0.4 is 19.9 Å². The summed E-state index contributed by atoms with van der Waals surface area (Å²) >= 11 is 0. The zero-order chi connectivity index (χ0) is 30.8. The molecule has 13 nitrogen and oxygen atoms in total. The summed E-state index contributed by atoms with van der Waals surface area (Å²) in [6.45, 7) is 9.50. The van der Waals surface area contributed by atoms with Crippen molar-refractivity contribution in [3.63, 3.8) is 0 Å². The van der Waals surface area contributed by atoms with Gasteiger partial charge in [0.15, 0.2) is 5.82 Å². The number of carbonyl (C=O) groups is 1. The van der Waals surface area contributed by atoms with Crippen LogP contribution in [0.25, 0.3) is 0 Å². The number of hydrogen-bond acceptors (Lipinski definition) is 12. The van der Waals surface area contributed by atoms with Gasteiger partial charge in [0.1, 0.15) is 17.0 Å². The lowest BCUT2D eigenvalue weighted by atomic mass is 9.91. The quantitative estimate of drug-likeness (QED) is 0.194. The molecule has 4 rings (SSSR count). The Balaban J connectivity index is 1.78. The highest BCUT2D eigenvalue weighted by Crippen LogP contribution is 2.44. The number of hydrogen-bond donors (Lipinski definition) is 1. The minimum Gasteiger partial charge on any atom is -0.494 e. The summed E-state index contributed by atoms with van der Waals surface area (Å²) in [6.07, 6.45) is 2.80. The molecule has 2 aromatic heterocycles. The molecule has 224 valence electrons. The molecule has 3 aromatic rings. The number of fused-ring (bicyclic) bond motifs is 1. The summed E-state index contributed by atoms with van der Waals surface area (Å²) in [4.78, 5) is 44.2. The average molecular weight is 579 g/mol. The van der Waals surface area contributed by atoms with Gasteiger partial charge >= 0.3 is 5.97 Å². The molecule has 0 saturated heterocycles. The number of likely N-dealkylation sites (N-methyl/N-ethyl adjacent to an activating group) is 2. The maximum atomic E-state index is 13.1. The van der Waals surface area contributed by atoms with Crippen molar-refractivity contribution < 1.29 is 19.2 Å². The van der Waals surface area contributed by atoms with Crippen LogP contribution in [0.1, 0.15) is 43.7 Å². The second kappa shape index (κ2) is 12.1. The van der Waals surface area contributed by atoms with E-state index in [1.54, 1.807) is 33.2 Å². The van der Waals surface area contributed by atoms with E-state index in [9.17, 15) is 14.9 Å². The summed E-state index contributed by atoms with van der Waals surface area (Å²) in [5.74, 6) is 0.284. The summed E-state index contributed by atoms with van der Waals surface area (Å²) in [5.41, 5.74) is 2.21. The van der Waals surface area contributed by atoms with E-state index in [0.29, 0.717) is 42.6 Å². The number of carbonyl (C=O) groups excluding carboxylic acids is 1. The van der Waals surface area contributed by atoms with Gasteiger partial charge in [-0.15, -0.1) is 0 Å². The molecular formula is C29H38N8O5. The van der Waals surface area contributed by atoms with Crippen molar-refractivity contribution in [1.29, 1.82) is 0 Å². The molecule has 0 amide bonds. The Morgan fingerprint density at radius 3 is 2.60 bits per heavy atom. The summed E-state index contributed by atoms with van der Waals surface area (Å²) in [5, 5.41) is 15.2. The van der Waals surface area contributed by atoms with Gasteiger partial charge in [0, 0.05) is 56.6 Å². The number of nitrogens with zero attached hydrogens (tertiary/aromatic N) is 7. The molecule has 0 fully saturated rings. The first-order chi connectivity index (χ1) is 19.8. The summed E-state index contributed by atoms with van der Waals surface area (Å²) in [6, 6.07) is 6.79. The van der Waals surface area contributed by atoms with Gasteiger partial charge in [0.25, 0.3) is 5.69 Å². The molecule has 0 unspecified atom stereocenters. The number of pyridine rings is 1. The third-order valence-electron chi connectivity index (χ3n) is 6.89. The van der Waals surface area contributed by atoms with E-state index < -0.39 is 10.9 Å². The molecule has 0 spiro atoms. The predicted octanol–water partition coefficient (Wildman–Crippen LogP) is 4.52. The maximum absolute atomic E-state index is 13.1. The lowest BCUT2D eigenvalue weighted by Crippen LogP contribution is -2.29. The van der Waals surface area contributed by atoms with Crippen LogP contribution in [0.15, 0.2) is 36.7 Å². The van der Waals surface area contributed by atoms with Crippen LogP contribution in [0.2, 0.25) is 0 Å². The molecule has 0 aliphatic carbocycles. The largest absolute Gasteiger partial charge is 0.494 e. The smallest absolute Gasteiger partial charge is 0.343 e. The van der Waals surface area contributed by atoms with Crippen LogP contribution in [-0.2, 0) is 10.2 Å². The fourth-order valence-electron chi connectivity index (χ4n) is 4.81. The van der Waals surface area contributed by atoms with Gasteiger partial charge in [-0.25, -0.2) is 9.78 Å². The topological polar surface area (TPSA) is 139 Å². The third kappa shape index (κ3) is 6.35. The molecule has 1 N–H and O–H groups in total. The van der Waals surface area contributed by atoms with E-state index in [1.807, 2.05) is 40.9 Å². The Morgan fingerprint density at radius 1 is 1.21 bits per heavy atom. The van der Waals surface area contributed by atoms with Gasteiger partial charge in [-0.05, 0) is 40.1 Å². The molecule has 3 heterocycles. The highest BCUT2D eigenvalue weighted by atomic mass is 16.6. The first kappa shape index (κ1) is 30.4. The minimum atomic E-state index is -0.556. The van der Waals surface area contributed by atoms with E-state index >= 15 is 0 Å². The monoisotopic (exact) mass is 578 g/mol. The molecule has 0 bridgehead atoms. The average Bonchev–Trinajstić information content (AvgIpc) is 3.21. The minimum absolute atomic E-state index is 0.0989. The zero-order valence-corrected chi connectivity index (χ0v) is 25.3. The number of anilines is 5. The first-order valence-corrected chi connectivity index (χ1v) is 13.6. The SMILES string of the molecule is COc1cc(N(C)CCN(C)C)c([N+](=O)[O-])cc1Nc1ncc(C(=O)OC(C)C)c(N2CC(C)(C)c3ncccc32)n1. The molecule has 13 heteroatoms. The van der Waals surface area contributed by atoms with Gasteiger partial charge in [0.05, 0.1) is 35.2 Å². The number of nitrogens with one attached hydrogen (secondary N) is 1. The Hall–Kier alpha value is -4.52. The number of ether oxygens (including phenoxy) is 2. The van der Waals surface area contributed by atoms with Gasteiger partial charge in [-0.1, -0.05) is 13.8 Å². The van der Waals surface area contributed by atoms with Crippen LogP contribution in [0.4, 0.5) is 34.5 Å². The van der Waals surface area contributed by atoms with Crippen LogP contribution in [0, 0.1) is 10.1 Å². The molecule has 0 atom stereocenters. The van der Waals surface area contributed by atoms with Gasteiger partial charge in [-0.3, -0.25) is 15.1 Å². The van der Waals surface area contributed by atoms with E-state index in [-0.39, 0.29) is 28.7 Å². The number of rotatable bonds is 11. The van der Waals surface area contributed by atoms with Crippen molar-refractivity contribution in [2.24, 2.45) is 0 Å². The van der Waals surface area contributed by atoms with E-state index in [4.69, 9.17) is 14.5 Å². The molecule has 0 saturated carbocycles. The van der Waals surface area contributed by atoms with Gasteiger partial charge in [0.2, 0.25) is 5.95 Å². The standard InChI is InChI=1S/C29H38N8O5/c1-18(2)42-27(38)19-16-31-28(33-26(19)36-17-29(3,4)25-21(36)10-9-11-30-25)32-20-14-23(37(39)40)22(15-24(20)41-8)35(7)13-12-34(5)6/h9-11,14-16,18H,12-13,17H2,1-8H3,(H,31,32,33). The normalized spacial score (nSPS) is 13.7. The van der Waals surface area contributed by atoms with Crippen molar-refractivity contribution >= 4 is 40.5 Å². The molecule has 0 radical (unpaired) electrons. The zero-order valence-electron chi connectivity index (χ0n) is 25.3. The lowest BCUT2D eigenvalue weighted by molar-refractivity contribution is -0.384. The van der Waals surface area contributed by atoms with Crippen molar-refractivity contribution in [2.45, 2.75) is 39.2 Å². The molecule has 1 aromatic carbocycles. The van der Waals surface area contributed by atoms with E-state index in [0.717, 1.165) is 11.4 Å². The Kier molecular flexibility index (Phi) is 8.81. The third-order valence-corrected chi connectivity index (χ3v) is 6.89. The summed E-state index contributed by atoms with van der Waals surface area (Å²) in [7, 11) is 7.17. The Labute approximate surface area is 245 Å². The number of benzene rings is 1. The fourth-order valence-corrected chi connectivity index (χ4v) is 4.81. The summed E-state index contributed by atoms with van der Waals surface area (Å²) < 4.78 is 11.1. The highest BCUT2D eigenvalue weighted by molar-refractivity contribution is 5.96. The van der Waals surface area contributed by atoms with Crippen LogP contribution >= 0.6 is 0 Å². The molecule has 1 aliphatic rings. The number of nitro benzene ring substituents is 1. The van der Waals surface area contributed by atoms with Crippen LogP contribution in [0.5, 0.6) is 5.75 Å². The highest BCUT2D eigenvalue weighted by Gasteiger charge is 2.39. The van der Waals surface area contributed by atoms with Crippen molar-refractivity contribution in [3.8, 4) is 5.75 Å². The fraction of sp³-hybridized carbons (Fsp3) is 0.448. The second-order valence-corrected chi connectivity index (χ2v) is 11.4. The van der Waals surface area contributed by atoms with Crippen molar-refractivity contribution in [1.82, 2.24) is 19.9 Å². The number of esters is 1. The molecular weight excluding hydrogens is 540 g/mol. The Morgan fingerprint density at radius 2 is 1.95 bits per heavy atom. The van der Waals surface area contributed by atoms with Crippen LogP contribution in [-0.4, -0.2) is 84.7 Å². The number of aromatic nitrogens is 3. The maximum Gasteiger partial charge on any atom is 0.343 e. The van der Waals surface area contributed by atoms with Crippen molar-refractivity contribution in [3.05, 3.63) is 58.0 Å². The number of methoxy groups -OCH3 is 1. The first-order valence-electron chi connectivity index (χ1n) is 13.6. The lowest BCUT2D eigenvalue weighted by Gasteiger charge is -2.24. The van der Waals surface area contributed by atoms with Gasteiger partial charge < -0.3 is 29.5 Å². The van der Waals surface area contributed by atoms with Crippen molar-refractivity contribution in [2.75, 3.05) is 63.0 Å². The molecule has 42 heavy (non-hydrogen) atoms. The van der Waals surface area contributed by atoms with E-state index in [1.165, 1.54) is 19.4 Å². The van der Waals surface area contributed by atoms with Crippen LogP contribution in [0.3, 0.4) is 0 Å².